The van der Waals surface area contributed by atoms with E-state index in [-0.39, 0.29) is 30.4 Å². The molecular weight excluding hydrogens is 451 g/mol. The molecule has 0 radical (unpaired) electrons. The predicted molar refractivity (Wildman–Crippen MR) is 116 cm³/mol. The van der Waals surface area contributed by atoms with Crippen LogP contribution in [0.4, 0.5) is 4.39 Å². The second-order valence-corrected chi connectivity index (χ2v) is 9.88. The van der Waals surface area contributed by atoms with Crippen LogP contribution >= 0.6 is 0 Å². The van der Waals surface area contributed by atoms with Gasteiger partial charge in [0.05, 0.1) is 11.0 Å². The van der Waals surface area contributed by atoms with E-state index in [9.17, 15) is 22.7 Å². The Balaban J connectivity index is 1.47. The van der Waals surface area contributed by atoms with Gasteiger partial charge in [0.25, 0.3) is 0 Å². The van der Waals surface area contributed by atoms with Crippen molar-refractivity contribution >= 4 is 16.0 Å². The Bertz CT molecular complexity index is 1270. The van der Waals surface area contributed by atoms with Crippen molar-refractivity contribution in [2.24, 2.45) is 0 Å². The number of halogens is 1. The second kappa shape index (κ2) is 9.05. The van der Waals surface area contributed by atoms with Gasteiger partial charge in [0.1, 0.15) is 30.4 Å². The van der Waals surface area contributed by atoms with Crippen molar-refractivity contribution in [3.63, 3.8) is 0 Å². The first-order valence-electron chi connectivity index (χ1n) is 10.3. The van der Waals surface area contributed by atoms with E-state index in [4.69, 9.17) is 9.15 Å². The Labute approximate surface area is 190 Å². The molecular formula is C23H23FN2O6S. The van der Waals surface area contributed by atoms with Crippen molar-refractivity contribution in [3.05, 3.63) is 71.4 Å². The highest BCUT2D eigenvalue weighted by Crippen LogP contribution is 2.28. The lowest BCUT2D eigenvalue weighted by atomic mass is 10.1. The van der Waals surface area contributed by atoms with Crippen molar-refractivity contribution in [2.75, 3.05) is 6.54 Å². The Morgan fingerprint density at radius 2 is 1.94 bits per heavy atom. The van der Waals surface area contributed by atoms with E-state index in [1.165, 1.54) is 36.6 Å². The highest BCUT2D eigenvalue weighted by atomic mass is 32.2. The topological polar surface area (TPSA) is 110 Å². The molecule has 1 aliphatic rings. The number of nitrogens with zero attached hydrogens (tertiary/aromatic N) is 2. The maximum atomic E-state index is 13.2. The molecule has 1 unspecified atom stereocenters. The number of oxazole rings is 1. The van der Waals surface area contributed by atoms with E-state index < -0.39 is 34.0 Å². The lowest BCUT2D eigenvalue weighted by Crippen LogP contribution is -2.41. The van der Waals surface area contributed by atoms with Gasteiger partial charge in [0.15, 0.2) is 0 Å². The first-order chi connectivity index (χ1) is 15.6. The molecule has 0 aliphatic carbocycles. The molecule has 33 heavy (non-hydrogen) atoms. The highest BCUT2D eigenvalue weighted by molar-refractivity contribution is 7.89. The van der Waals surface area contributed by atoms with Gasteiger partial charge in [-0.05, 0) is 61.4 Å². The standard InChI is InChI=1S/C23H23FN2O6S/c1-14-3-8-20(9-15(14)2)33(29,30)26-11-19(27)10-21(26)23(28)32-13-18-12-31-22(25-18)16-4-6-17(24)7-5-16/h3-9,12,19,21,27H,10-11,13H2,1-2H3/t19?,21-/m0/s1. The molecule has 1 saturated heterocycles. The molecule has 0 spiro atoms. The summed E-state index contributed by atoms with van der Waals surface area (Å²) in [5, 5.41) is 10.1. The fourth-order valence-electron chi connectivity index (χ4n) is 3.61. The number of aliphatic hydroxyl groups excluding tert-OH is 1. The zero-order chi connectivity index (χ0) is 23.8. The number of carbonyl (C=O) groups is 1. The Morgan fingerprint density at radius 3 is 2.64 bits per heavy atom. The molecule has 2 aromatic carbocycles. The summed E-state index contributed by atoms with van der Waals surface area (Å²) in [5.41, 5.74) is 2.61. The van der Waals surface area contributed by atoms with Crippen LogP contribution in [0.5, 0.6) is 0 Å². The minimum atomic E-state index is -4.02. The minimum Gasteiger partial charge on any atom is -0.458 e. The molecule has 3 aromatic rings. The Kier molecular flexibility index (Phi) is 6.33. The molecule has 174 valence electrons. The number of carbonyl (C=O) groups excluding carboxylic acids is 1. The number of sulfonamides is 1. The summed E-state index contributed by atoms with van der Waals surface area (Å²) >= 11 is 0. The molecule has 0 saturated carbocycles. The van der Waals surface area contributed by atoms with Gasteiger partial charge in [-0.2, -0.15) is 4.31 Å². The number of benzene rings is 2. The van der Waals surface area contributed by atoms with E-state index in [1.54, 1.807) is 19.1 Å². The van der Waals surface area contributed by atoms with E-state index >= 15 is 0 Å². The predicted octanol–water partition coefficient (Wildman–Crippen LogP) is 2.96. The molecule has 8 nitrogen and oxygen atoms in total. The summed E-state index contributed by atoms with van der Waals surface area (Å²) in [6.45, 7) is 3.23. The third kappa shape index (κ3) is 4.82. The van der Waals surface area contributed by atoms with Crippen molar-refractivity contribution in [1.29, 1.82) is 0 Å². The fourth-order valence-corrected chi connectivity index (χ4v) is 5.33. The van der Waals surface area contributed by atoms with Gasteiger partial charge in [-0.25, -0.2) is 17.8 Å². The van der Waals surface area contributed by atoms with Crippen LogP contribution in [0.3, 0.4) is 0 Å². The summed E-state index contributed by atoms with van der Waals surface area (Å²) in [7, 11) is -4.02. The molecule has 0 bridgehead atoms. The molecule has 1 aromatic heterocycles. The van der Waals surface area contributed by atoms with E-state index in [0.717, 1.165) is 15.4 Å². The van der Waals surface area contributed by atoms with Gasteiger partial charge in [0.2, 0.25) is 15.9 Å². The quantitative estimate of drug-likeness (QED) is 0.547. The molecule has 10 heteroatoms. The third-order valence-corrected chi connectivity index (χ3v) is 7.47. The summed E-state index contributed by atoms with van der Waals surface area (Å²) in [4.78, 5) is 17.0. The zero-order valence-corrected chi connectivity index (χ0v) is 18.9. The number of β-amino-alcohol motifs (C(OH)–C–C–N with tert-alkyl or cyclic N) is 1. The van der Waals surface area contributed by atoms with Crippen LogP contribution < -0.4 is 0 Å². The van der Waals surface area contributed by atoms with Gasteiger partial charge < -0.3 is 14.3 Å². The largest absolute Gasteiger partial charge is 0.458 e. The maximum Gasteiger partial charge on any atom is 0.324 e. The molecule has 0 amide bonds. The van der Waals surface area contributed by atoms with Gasteiger partial charge in [0, 0.05) is 18.5 Å². The monoisotopic (exact) mass is 474 g/mol. The first-order valence-corrected chi connectivity index (χ1v) is 11.7. The Morgan fingerprint density at radius 1 is 1.21 bits per heavy atom. The van der Waals surface area contributed by atoms with Crippen molar-refractivity contribution in [2.45, 2.75) is 43.9 Å². The van der Waals surface area contributed by atoms with Crippen LogP contribution in [-0.2, 0) is 26.2 Å². The average molecular weight is 475 g/mol. The molecule has 1 N–H and O–H groups in total. The second-order valence-electron chi connectivity index (χ2n) is 7.98. The summed E-state index contributed by atoms with van der Waals surface area (Å²) < 4.78 is 51.0. The van der Waals surface area contributed by atoms with Crippen LogP contribution in [0.1, 0.15) is 23.2 Å². The minimum absolute atomic E-state index is 0.0536. The third-order valence-electron chi connectivity index (χ3n) is 5.60. The Hall–Kier alpha value is -3.08. The van der Waals surface area contributed by atoms with Gasteiger partial charge in [-0.1, -0.05) is 6.07 Å². The van der Waals surface area contributed by atoms with E-state index in [0.29, 0.717) is 11.3 Å². The van der Waals surface area contributed by atoms with Crippen LogP contribution in [0.25, 0.3) is 11.5 Å². The molecule has 2 atom stereocenters. The van der Waals surface area contributed by atoms with Crippen LogP contribution in [0, 0.1) is 19.7 Å². The number of rotatable bonds is 6. The van der Waals surface area contributed by atoms with Crippen molar-refractivity contribution in [3.8, 4) is 11.5 Å². The smallest absolute Gasteiger partial charge is 0.324 e. The SMILES string of the molecule is Cc1ccc(S(=O)(=O)N2CC(O)C[C@H]2C(=O)OCc2coc(-c3ccc(F)cc3)n2)cc1C. The van der Waals surface area contributed by atoms with Crippen LogP contribution in [0.15, 0.2) is 58.0 Å². The lowest BCUT2D eigenvalue weighted by molar-refractivity contribution is -0.149. The number of aliphatic hydroxyl groups is 1. The van der Waals surface area contributed by atoms with Gasteiger partial charge in [-0.15, -0.1) is 0 Å². The number of aromatic nitrogens is 1. The average Bonchev–Trinajstić information content (AvgIpc) is 3.41. The van der Waals surface area contributed by atoms with Gasteiger partial charge >= 0.3 is 5.97 Å². The number of aryl methyl sites for hydroxylation is 2. The lowest BCUT2D eigenvalue weighted by Gasteiger charge is -2.22. The van der Waals surface area contributed by atoms with Crippen LogP contribution in [-0.4, -0.2) is 47.5 Å². The van der Waals surface area contributed by atoms with E-state index in [2.05, 4.69) is 4.98 Å². The first kappa shape index (κ1) is 23.1. The summed E-state index contributed by atoms with van der Waals surface area (Å²) in [6, 6.07) is 9.13. The highest BCUT2D eigenvalue weighted by Gasteiger charge is 2.44. The normalized spacial score (nSPS) is 19.0. The summed E-state index contributed by atoms with van der Waals surface area (Å²) in [5.74, 6) is -0.944. The molecule has 1 aliphatic heterocycles. The zero-order valence-electron chi connectivity index (χ0n) is 18.1. The van der Waals surface area contributed by atoms with Crippen molar-refractivity contribution < 1.29 is 31.9 Å². The maximum absolute atomic E-state index is 13.2. The fraction of sp³-hybridized carbons (Fsp3) is 0.304. The molecule has 1 fully saturated rings. The van der Waals surface area contributed by atoms with Crippen LogP contribution in [0.2, 0.25) is 0 Å². The van der Waals surface area contributed by atoms with Crippen molar-refractivity contribution in [1.82, 2.24) is 9.29 Å². The number of ether oxygens (including phenoxy) is 1. The number of hydrogen-bond acceptors (Lipinski definition) is 7. The van der Waals surface area contributed by atoms with E-state index in [1.807, 2.05) is 6.92 Å². The molecule has 2 heterocycles. The number of esters is 1. The van der Waals surface area contributed by atoms with Gasteiger partial charge in [-0.3, -0.25) is 4.79 Å². The summed E-state index contributed by atoms with van der Waals surface area (Å²) in [6.07, 6.45) is 0.253. The molecule has 4 rings (SSSR count). The number of hydrogen-bond donors (Lipinski definition) is 1.